The van der Waals surface area contributed by atoms with E-state index in [1.807, 2.05) is 31.2 Å². The first-order valence-electron chi connectivity index (χ1n) is 8.15. The highest BCUT2D eigenvalue weighted by Crippen LogP contribution is 2.25. The van der Waals surface area contributed by atoms with Crippen LogP contribution in [-0.2, 0) is 10.0 Å². The number of carbonyl (C=O) groups is 1. The first kappa shape index (κ1) is 19.0. The molecule has 8 heteroatoms. The molecule has 0 aliphatic heterocycles. The van der Waals surface area contributed by atoms with E-state index in [-0.39, 0.29) is 17.6 Å². The second-order valence-electron chi connectivity index (χ2n) is 6.26. The predicted molar refractivity (Wildman–Crippen MR) is 99.8 cm³/mol. The van der Waals surface area contributed by atoms with Gasteiger partial charge >= 0.3 is 0 Å². The summed E-state index contributed by atoms with van der Waals surface area (Å²) in [5.41, 5.74) is 0.965. The number of hydrogen-bond donors (Lipinski definition) is 2. The van der Waals surface area contributed by atoms with Crippen molar-refractivity contribution < 1.29 is 17.6 Å². The third kappa shape index (κ3) is 4.31. The SMILES string of the molecule is CC(NC(=O)c1ccc(F)c(S(=O)(=O)NC2CC2)c1)c1ccccc1Br. The Morgan fingerprint density at radius 3 is 2.58 bits per heavy atom. The van der Waals surface area contributed by atoms with Crippen LogP contribution in [0.4, 0.5) is 4.39 Å². The third-order valence-corrected chi connectivity index (χ3v) is 6.36. The molecule has 2 aromatic rings. The van der Waals surface area contributed by atoms with E-state index in [9.17, 15) is 17.6 Å². The molecule has 1 atom stereocenters. The van der Waals surface area contributed by atoms with E-state index >= 15 is 0 Å². The molecule has 1 fully saturated rings. The van der Waals surface area contributed by atoms with Crippen molar-refractivity contribution in [2.75, 3.05) is 0 Å². The van der Waals surface area contributed by atoms with Crippen LogP contribution in [0, 0.1) is 5.82 Å². The molecule has 2 aromatic carbocycles. The Hall–Kier alpha value is -1.77. The van der Waals surface area contributed by atoms with Crippen molar-refractivity contribution >= 4 is 31.9 Å². The number of nitrogens with one attached hydrogen (secondary N) is 2. The van der Waals surface area contributed by atoms with Crippen LogP contribution in [0.3, 0.4) is 0 Å². The quantitative estimate of drug-likeness (QED) is 0.721. The molecular formula is C18H18BrFN2O3S. The van der Waals surface area contributed by atoms with Crippen molar-refractivity contribution in [3.05, 3.63) is 63.9 Å². The number of halogens is 2. The first-order valence-corrected chi connectivity index (χ1v) is 10.4. The van der Waals surface area contributed by atoms with Crippen LogP contribution in [0.15, 0.2) is 51.8 Å². The fourth-order valence-electron chi connectivity index (χ4n) is 2.52. The number of amides is 1. The van der Waals surface area contributed by atoms with Crippen LogP contribution >= 0.6 is 15.9 Å². The third-order valence-electron chi connectivity index (χ3n) is 4.10. The fraction of sp³-hybridized carbons (Fsp3) is 0.278. The van der Waals surface area contributed by atoms with Gasteiger partial charge in [0.05, 0.1) is 6.04 Å². The molecule has 1 saturated carbocycles. The second-order valence-corrected chi connectivity index (χ2v) is 8.79. The Morgan fingerprint density at radius 2 is 1.92 bits per heavy atom. The van der Waals surface area contributed by atoms with E-state index in [2.05, 4.69) is 26.0 Å². The molecule has 5 nitrogen and oxygen atoms in total. The van der Waals surface area contributed by atoms with E-state index < -0.39 is 26.6 Å². The Bertz CT molecular complexity index is 945. The topological polar surface area (TPSA) is 75.3 Å². The molecular weight excluding hydrogens is 423 g/mol. The van der Waals surface area contributed by atoms with Crippen LogP contribution in [0.1, 0.15) is 41.7 Å². The lowest BCUT2D eigenvalue weighted by atomic mass is 10.1. The summed E-state index contributed by atoms with van der Waals surface area (Å²) in [7, 11) is -3.98. The smallest absolute Gasteiger partial charge is 0.251 e. The van der Waals surface area contributed by atoms with Gasteiger partial charge < -0.3 is 5.32 Å². The Kier molecular flexibility index (Phi) is 5.45. The van der Waals surface area contributed by atoms with Crippen LogP contribution in [-0.4, -0.2) is 20.4 Å². The normalized spacial score (nSPS) is 15.5. The van der Waals surface area contributed by atoms with Gasteiger partial charge in [-0.05, 0) is 49.6 Å². The van der Waals surface area contributed by atoms with Gasteiger partial charge in [-0.25, -0.2) is 17.5 Å². The summed E-state index contributed by atoms with van der Waals surface area (Å²) in [5.74, 6) is -1.36. The van der Waals surface area contributed by atoms with Crippen molar-refractivity contribution in [2.45, 2.75) is 36.7 Å². The standard InChI is InChI=1S/C18H18BrFN2O3S/c1-11(14-4-2-3-5-15(14)19)21-18(23)12-6-9-16(20)17(10-12)26(24,25)22-13-7-8-13/h2-6,9-11,13,22H,7-8H2,1H3,(H,21,23). The highest BCUT2D eigenvalue weighted by molar-refractivity contribution is 9.10. The molecule has 26 heavy (non-hydrogen) atoms. The number of sulfonamides is 1. The van der Waals surface area contributed by atoms with Gasteiger partial charge in [0, 0.05) is 16.1 Å². The van der Waals surface area contributed by atoms with Gasteiger partial charge in [-0.1, -0.05) is 34.1 Å². The highest BCUT2D eigenvalue weighted by Gasteiger charge is 2.30. The predicted octanol–water partition coefficient (Wildman–Crippen LogP) is 3.52. The molecule has 1 aliphatic rings. The van der Waals surface area contributed by atoms with Gasteiger partial charge in [-0.3, -0.25) is 4.79 Å². The number of carbonyl (C=O) groups excluding carboxylic acids is 1. The minimum absolute atomic E-state index is 0.0847. The van der Waals surface area contributed by atoms with Gasteiger partial charge in [0.25, 0.3) is 5.91 Å². The Balaban J connectivity index is 1.81. The Morgan fingerprint density at radius 1 is 1.23 bits per heavy atom. The molecule has 0 bridgehead atoms. The van der Waals surface area contributed by atoms with E-state index in [1.165, 1.54) is 6.07 Å². The van der Waals surface area contributed by atoms with Crippen molar-refractivity contribution in [3.8, 4) is 0 Å². The average Bonchev–Trinajstić information content (AvgIpc) is 3.38. The fourth-order valence-corrected chi connectivity index (χ4v) is 4.56. The zero-order valence-corrected chi connectivity index (χ0v) is 16.4. The largest absolute Gasteiger partial charge is 0.345 e. The van der Waals surface area contributed by atoms with Gasteiger partial charge in [-0.2, -0.15) is 0 Å². The minimum atomic E-state index is -3.98. The molecule has 2 N–H and O–H groups in total. The molecule has 0 spiro atoms. The molecule has 3 rings (SSSR count). The van der Waals surface area contributed by atoms with E-state index in [1.54, 1.807) is 0 Å². The van der Waals surface area contributed by atoms with Crippen LogP contribution in [0.2, 0.25) is 0 Å². The van der Waals surface area contributed by atoms with E-state index in [4.69, 9.17) is 0 Å². The summed E-state index contributed by atoms with van der Waals surface area (Å²) < 4.78 is 41.9. The monoisotopic (exact) mass is 440 g/mol. The maximum Gasteiger partial charge on any atom is 0.251 e. The molecule has 1 amide bonds. The van der Waals surface area contributed by atoms with Crippen molar-refractivity contribution in [2.24, 2.45) is 0 Å². The lowest BCUT2D eigenvalue weighted by Gasteiger charge is -2.16. The van der Waals surface area contributed by atoms with Gasteiger partial charge in [0.1, 0.15) is 10.7 Å². The van der Waals surface area contributed by atoms with Crippen LogP contribution in [0.5, 0.6) is 0 Å². The van der Waals surface area contributed by atoms with E-state index in [0.717, 1.165) is 35.0 Å². The lowest BCUT2D eigenvalue weighted by molar-refractivity contribution is 0.0939. The van der Waals surface area contributed by atoms with Crippen molar-refractivity contribution in [3.63, 3.8) is 0 Å². The average molecular weight is 441 g/mol. The number of rotatable bonds is 6. The molecule has 0 saturated heterocycles. The summed E-state index contributed by atoms with van der Waals surface area (Å²) in [6, 6.07) is 10.3. The van der Waals surface area contributed by atoms with Gasteiger partial charge in [0.2, 0.25) is 10.0 Å². The maximum absolute atomic E-state index is 14.0. The molecule has 0 heterocycles. The zero-order chi connectivity index (χ0) is 18.9. The summed E-state index contributed by atoms with van der Waals surface area (Å²) in [6.45, 7) is 1.81. The van der Waals surface area contributed by atoms with Gasteiger partial charge in [-0.15, -0.1) is 0 Å². The minimum Gasteiger partial charge on any atom is -0.345 e. The van der Waals surface area contributed by atoms with Crippen molar-refractivity contribution in [1.29, 1.82) is 0 Å². The highest BCUT2D eigenvalue weighted by atomic mass is 79.9. The summed E-state index contributed by atoms with van der Waals surface area (Å²) in [4.78, 5) is 12.0. The summed E-state index contributed by atoms with van der Waals surface area (Å²) >= 11 is 3.43. The van der Waals surface area contributed by atoms with Crippen LogP contribution in [0.25, 0.3) is 0 Å². The summed E-state index contributed by atoms with van der Waals surface area (Å²) in [5, 5.41) is 2.80. The Labute approximate surface area is 160 Å². The molecule has 0 radical (unpaired) electrons. The molecule has 0 aromatic heterocycles. The second kappa shape index (κ2) is 7.46. The molecule has 138 valence electrons. The number of hydrogen-bond acceptors (Lipinski definition) is 3. The maximum atomic E-state index is 14.0. The molecule has 1 aliphatic carbocycles. The summed E-state index contributed by atoms with van der Waals surface area (Å²) in [6.07, 6.45) is 1.48. The van der Waals surface area contributed by atoms with Gasteiger partial charge in [0.15, 0.2) is 0 Å². The van der Waals surface area contributed by atoms with Crippen LogP contribution < -0.4 is 10.0 Å². The first-order chi connectivity index (χ1) is 12.3. The van der Waals surface area contributed by atoms with E-state index in [0.29, 0.717) is 0 Å². The molecule has 1 unspecified atom stereocenters. The lowest BCUT2D eigenvalue weighted by Crippen LogP contribution is -2.29. The number of benzene rings is 2. The van der Waals surface area contributed by atoms with Crippen molar-refractivity contribution in [1.82, 2.24) is 10.0 Å². The zero-order valence-electron chi connectivity index (χ0n) is 14.0.